The summed E-state index contributed by atoms with van der Waals surface area (Å²) in [7, 11) is -3.88. The molecule has 0 heterocycles. The number of hydrogen-bond donors (Lipinski definition) is 0. The second-order valence-electron chi connectivity index (χ2n) is 8.31. The Kier molecular flexibility index (Phi) is 11.5. The minimum absolute atomic E-state index is 0.734. The van der Waals surface area contributed by atoms with Crippen LogP contribution >= 0.6 is 0 Å². The van der Waals surface area contributed by atoms with Crippen molar-refractivity contribution in [1.29, 1.82) is 0 Å². The highest BCUT2D eigenvalue weighted by atomic mass is 28.4. The van der Waals surface area contributed by atoms with E-state index in [1.807, 2.05) is 0 Å². The third-order valence-electron chi connectivity index (χ3n) is 1.63. The molecule has 20 heavy (non-hydrogen) atoms. The van der Waals surface area contributed by atoms with E-state index < -0.39 is 54.3 Å². The Hall–Kier alpha value is 1.60. The van der Waals surface area contributed by atoms with Gasteiger partial charge in [-0.05, 0) is 58.9 Å². The van der Waals surface area contributed by atoms with E-state index >= 15 is 0 Å². The maximum absolute atomic E-state index is 5.90. The summed E-state index contributed by atoms with van der Waals surface area (Å²) in [4.78, 5) is 0. The zero-order valence-corrected chi connectivity index (χ0v) is 21.2. The molecule has 0 aliphatic carbocycles. The van der Waals surface area contributed by atoms with Crippen molar-refractivity contribution in [2.45, 2.75) is 76.3 Å². The van der Waals surface area contributed by atoms with Crippen LogP contribution < -0.4 is 0 Å². The van der Waals surface area contributed by atoms with Gasteiger partial charge >= 0.3 is 29.3 Å². The van der Waals surface area contributed by atoms with Gasteiger partial charge in [-0.2, -0.15) is 0 Å². The summed E-state index contributed by atoms with van der Waals surface area (Å²) in [6, 6.07) is 0. The van der Waals surface area contributed by atoms with E-state index in [4.69, 9.17) is 10.4 Å². The normalized spacial score (nSPS) is 12.6. The minimum atomic E-state index is -1.36. The molecule has 0 aliphatic rings. The van der Waals surface area contributed by atoms with Crippen molar-refractivity contribution in [1.82, 2.24) is 0 Å². The van der Waals surface area contributed by atoms with Crippen LogP contribution in [0.3, 0.4) is 0 Å². The van der Waals surface area contributed by atoms with Crippen molar-refractivity contribution in [3.8, 4) is 0 Å². The summed E-state index contributed by atoms with van der Waals surface area (Å²) < 4.78 is 17.5. The molecule has 0 saturated heterocycles. The SMILES string of the molecule is [CH3][Al]([CH3])[O][Si](C)(C)C.[CH3][Al]([O][Si](C)(C)C)[O][Si](C)(C)C. The predicted molar refractivity (Wildman–Crippen MR) is 102 cm³/mol. The summed E-state index contributed by atoms with van der Waals surface area (Å²) >= 11 is -2.06. The van der Waals surface area contributed by atoms with E-state index in [1.165, 1.54) is 0 Å². The van der Waals surface area contributed by atoms with Gasteiger partial charge in [0.25, 0.3) is 0 Å². The van der Waals surface area contributed by atoms with Crippen molar-refractivity contribution >= 4 is 54.3 Å². The molecule has 0 N–H and O–H groups in total. The van der Waals surface area contributed by atoms with Crippen LogP contribution in [-0.2, 0) is 10.4 Å². The first-order valence-electron chi connectivity index (χ1n) is 7.55. The Bertz CT molecular complexity index is 242. The maximum Gasteiger partial charge on any atom is 0.648 e. The van der Waals surface area contributed by atoms with Gasteiger partial charge in [-0.25, -0.2) is 0 Å². The van der Waals surface area contributed by atoms with Crippen LogP contribution in [-0.4, -0.2) is 54.3 Å². The van der Waals surface area contributed by atoms with Crippen LogP contribution in [0.1, 0.15) is 0 Å². The summed E-state index contributed by atoms with van der Waals surface area (Å²) in [6.07, 6.45) is 0. The molecule has 0 atom stereocenters. The van der Waals surface area contributed by atoms with Crippen LogP contribution in [0.15, 0.2) is 0 Å². The molecule has 0 amide bonds. The van der Waals surface area contributed by atoms with Crippen LogP contribution in [0.2, 0.25) is 76.3 Å². The van der Waals surface area contributed by atoms with Gasteiger partial charge in [0.15, 0.2) is 25.0 Å². The monoisotopic (exact) mass is 366 g/mol. The van der Waals surface area contributed by atoms with Crippen molar-refractivity contribution < 1.29 is 10.4 Å². The van der Waals surface area contributed by atoms with Crippen molar-refractivity contribution in [2.75, 3.05) is 0 Å². The first kappa shape index (κ1) is 23.9. The van der Waals surface area contributed by atoms with Gasteiger partial charge < -0.3 is 10.4 Å². The van der Waals surface area contributed by atoms with Crippen molar-refractivity contribution in [2.24, 2.45) is 0 Å². The number of rotatable bonds is 6. The van der Waals surface area contributed by atoms with Crippen LogP contribution in [0.25, 0.3) is 0 Å². The fourth-order valence-corrected chi connectivity index (χ4v) is 16.0. The van der Waals surface area contributed by atoms with Crippen LogP contribution in [0, 0.1) is 0 Å². The first-order chi connectivity index (χ1) is 8.52. The highest BCUT2D eigenvalue weighted by Gasteiger charge is 2.30. The molecular weight excluding hydrogens is 330 g/mol. The Balaban J connectivity index is 0. The molecule has 0 spiro atoms. The predicted octanol–water partition coefficient (Wildman–Crippen LogP) is 4.90. The Morgan fingerprint density at radius 1 is 0.500 bits per heavy atom. The van der Waals surface area contributed by atoms with Crippen LogP contribution in [0.5, 0.6) is 0 Å². The van der Waals surface area contributed by atoms with Gasteiger partial charge in [0.05, 0.1) is 0 Å². The minimum Gasteiger partial charge on any atom is -0.546 e. The molecule has 3 nitrogen and oxygen atoms in total. The quantitative estimate of drug-likeness (QED) is 0.626. The molecule has 0 bridgehead atoms. The summed E-state index contributed by atoms with van der Waals surface area (Å²) in [5.41, 5.74) is 0. The molecule has 8 heteroatoms. The highest BCUT2D eigenvalue weighted by molar-refractivity contribution is 6.80. The fraction of sp³-hybridized carbons (Fsp3) is 1.00. The van der Waals surface area contributed by atoms with E-state index in [9.17, 15) is 0 Å². The molecule has 0 aromatic rings. The van der Waals surface area contributed by atoms with E-state index in [0.29, 0.717) is 0 Å². The lowest BCUT2D eigenvalue weighted by molar-refractivity contribution is 0.428. The van der Waals surface area contributed by atoms with E-state index in [0.717, 1.165) is 0 Å². The van der Waals surface area contributed by atoms with E-state index in [-0.39, 0.29) is 0 Å². The number of hydrogen-bond acceptors (Lipinski definition) is 3. The largest absolute Gasteiger partial charge is 0.648 e. The van der Waals surface area contributed by atoms with Gasteiger partial charge in [0, 0.05) is 0 Å². The topological polar surface area (TPSA) is 27.7 Å². The first-order valence-corrected chi connectivity index (χ1v) is 22.7. The molecule has 0 fully saturated rings. The maximum atomic E-state index is 5.90. The summed E-state index contributed by atoms with van der Waals surface area (Å²) in [5.74, 6) is 6.58. The molecule has 0 radical (unpaired) electrons. The smallest absolute Gasteiger partial charge is 0.546 e. The second kappa shape index (κ2) is 9.67. The third-order valence-corrected chi connectivity index (χ3v) is 14.7. The lowest BCUT2D eigenvalue weighted by atomic mass is 11.8. The van der Waals surface area contributed by atoms with Gasteiger partial charge in [0.1, 0.15) is 0 Å². The molecule has 0 aliphatic heterocycles. The second-order valence-corrected chi connectivity index (χ2v) is 27.0. The Labute approximate surface area is 140 Å². The average Bonchev–Trinajstić information content (AvgIpc) is 1.88. The van der Waals surface area contributed by atoms with Gasteiger partial charge in [-0.3, -0.25) is 0 Å². The molecule has 0 unspecified atom stereocenters. The zero-order valence-electron chi connectivity index (χ0n) is 15.9. The molecular formula is C12H36Al2O3Si3. The standard InChI is InChI=1S/3C3H9OSi.3CH3.2Al/c3*1-5(2,3)4;;;;;/h3*1-3H3;3*1H3;;/q3*-1;;;;+1;+2. The van der Waals surface area contributed by atoms with Gasteiger partial charge in [-0.1, -0.05) is 17.4 Å². The Morgan fingerprint density at radius 2 is 0.750 bits per heavy atom. The molecule has 0 saturated carbocycles. The molecule has 0 rings (SSSR count). The highest BCUT2D eigenvalue weighted by Crippen LogP contribution is 2.10. The summed E-state index contributed by atoms with van der Waals surface area (Å²) in [5, 5.41) is 0. The van der Waals surface area contributed by atoms with Crippen molar-refractivity contribution in [3.05, 3.63) is 0 Å². The van der Waals surface area contributed by atoms with Crippen molar-refractivity contribution in [3.63, 3.8) is 0 Å². The van der Waals surface area contributed by atoms with E-state index in [2.05, 4.69) is 76.3 Å². The summed E-state index contributed by atoms with van der Waals surface area (Å²) in [6.45, 7) is 20.0. The lowest BCUT2D eigenvalue weighted by Gasteiger charge is -2.27. The molecule has 120 valence electrons. The Morgan fingerprint density at radius 3 is 0.850 bits per heavy atom. The molecule has 0 aromatic carbocycles. The van der Waals surface area contributed by atoms with Crippen LogP contribution in [0.4, 0.5) is 0 Å². The zero-order chi connectivity index (χ0) is 16.8. The van der Waals surface area contributed by atoms with E-state index in [1.54, 1.807) is 0 Å². The fourth-order valence-electron chi connectivity index (χ4n) is 1.73. The van der Waals surface area contributed by atoms with Gasteiger partial charge in [-0.15, -0.1) is 0 Å². The lowest BCUT2D eigenvalue weighted by Crippen LogP contribution is -2.41. The third kappa shape index (κ3) is 24.6. The van der Waals surface area contributed by atoms with Gasteiger partial charge in [0.2, 0.25) is 0 Å². The molecule has 0 aromatic heterocycles. The average molecular weight is 367 g/mol.